The van der Waals surface area contributed by atoms with Crippen LogP contribution in [-0.2, 0) is 0 Å². The van der Waals surface area contributed by atoms with Crippen LogP contribution in [0.3, 0.4) is 0 Å². The topological polar surface area (TPSA) is 16.4 Å². The molecule has 4 aliphatic rings. The lowest BCUT2D eigenvalue weighted by Crippen LogP contribution is -2.37. The molecule has 63 heavy (non-hydrogen) atoms. The Morgan fingerprint density at radius 2 is 0.905 bits per heavy atom. The van der Waals surface area contributed by atoms with Crippen LogP contribution in [0.2, 0.25) is 0 Å². The van der Waals surface area contributed by atoms with Crippen LogP contribution < -0.4 is 4.90 Å². The smallest absolute Gasteiger partial charge is 0.136 e. The fourth-order valence-corrected chi connectivity index (χ4v) is 10.8. The standard InChI is InChI=1S/C61H39NO/c1-2-18-40(19-3-1)43-22-8-9-25-46(43)49-26-10-13-31-55(49)62(56-32-14-11-27-50(56)51-29-16-34-58-60(51)52-28-12-15-33-57(52)63-58)59-36-35-48-45-24-7-5-21-42(45)39-54(48)61(59)37-17-30-47-44-23-6-4-20-41(44)38-53(47)61/h1-39H. The fourth-order valence-electron chi connectivity index (χ4n) is 10.8. The van der Waals surface area contributed by atoms with Gasteiger partial charge in [0.25, 0.3) is 0 Å². The minimum Gasteiger partial charge on any atom is -0.456 e. The Hall–Kier alpha value is -8.20. The third-order valence-corrected chi connectivity index (χ3v) is 13.5. The molecule has 1 atom stereocenters. The van der Waals surface area contributed by atoms with Gasteiger partial charge in [-0.05, 0) is 109 Å². The Balaban J connectivity index is 1.14. The van der Waals surface area contributed by atoms with Crippen molar-refractivity contribution in [3.63, 3.8) is 0 Å². The summed E-state index contributed by atoms with van der Waals surface area (Å²) < 4.78 is 6.53. The first-order valence-electron chi connectivity index (χ1n) is 21.8. The number of anilines is 2. The summed E-state index contributed by atoms with van der Waals surface area (Å²) in [5, 5.41) is 2.22. The van der Waals surface area contributed by atoms with E-state index in [0.29, 0.717) is 0 Å². The highest BCUT2D eigenvalue weighted by Gasteiger charge is 2.50. The summed E-state index contributed by atoms with van der Waals surface area (Å²) >= 11 is 0. The van der Waals surface area contributed by atoms with Crippen molar-refractivity contribution >= 4 is 56.6 Å². The highest BCUT2D eigenvalue weighted by Crippen LogP contribution is 2.64. The van der Waals surface area contributed by atoms with Crippen molar-refractivity contribution < 1.29 is 4.42 Å². The Morgan fingerprint density at radius 1 is 0.381 bits per heavy atom. The van der Waals surface area contributed by atoms with Gasteiger partial charge in [-0.25, -0.2) is 0 Å². The second-order valence-corrected chi connectivity index (χ2v) is 16.7. The number of nitrogens with zero attached hydrogens (tertiary/aromatic N) is 1. The number of furan rings is 1. The molecule has 2 nitrogen and oxygen atoms in total. The molecule has 0 radical (unpaired) electrons. The Kier molecular flexibility index (Phi) is 7.85. The number of para-hydroxylation sites is 3. The molecule has 8 aromatic carbocycles. The Bertz CT molecular complexity index is 3550. The van der Waals surface area contributed by atoms with Crippen LogP contribution in [0.15, 0.2) is 246 Å². The van der Waals surface area contributed by atoms with Gasteiger partial charge in [-0.2, -0.15) is 0 Å². The van der Waals surface area contributed by atoms with Gasteiger partial charge >= 0.3 is 0 Å². The van der Waals surface area contributed by atoms with Gasteiger partial charge in [-0.15, -0.1) is 0 Å². The highest BCUT2D eigenvalue weighted by molar-refractivity contribution is 6.14. The van der Waals surface area contributed by atoms with Gasteiger partial charge < -0.3 is 9.32 Å². The van der Waals surface area contributed by atoms with Gasteiger partial charge in [0.1, 0.15) is 11.2 Å². The lowest BCUT2D eigenvalue weighted by molar-refractivity contribution is 0.669. The average Bonchev–Trinajstić information content (AvgIpc) is 4.06. The first kappa shape index (κ1) is 35.5. The molecular formula is C61H39NO. The molecular weight excluding hydrogens is 763 g/mol. The van der Waals surface area contributed by atoms with E-state index in [-0.39, 0.29) is 0 Å². The predicted octanol–water partition coefficient (Wildman–Crippen LogP) is 16.1. The number of hydrogen-bond donors (Lipinski definition) is 0. The van der Waals surface area contributed by atoms with Gasteiger partial charge in [0.2, 0.25) is 0 Å². The van der Waals surface area contributed by atoms with Crippen molar-refractivity contribution in [2.45, 2.75) is 0 Å². The molecule has 1 heterocycles. The van der Waals surface area contributed by atoms with Crippen molar-refractivity contribution in [3.05, 3.63) is 264 Å². The SMILES string of the molecule is C1=CC2(C3=Cc4ccccc4C3=C1)C1=Cc3ccccc3C1=CC=C2N(c1ccccc1-c1ccccc1-c1ccccc1)c1ccccc1-c1cccc2oc3ccccc3c12. The van der Waals surface area contributed by atoms with E-state index >= 15 is 0 Å². The molecule has 9 aromatic rings. The molecule has 294 valence electrons. The molecule has 1 unspecified atom stereocenters. The van der Waals surface area contributed by atoms with Crippen LogP contribution in [0, 0.1) is 5.41 Å². The fraction of sp³-hybridized carbons (Fsp3) is 0.0164. The monoisotopic (exact) mass is 801 g/mol. The molecule has 13 rings (SSSR count). The summed E-state index contributed by atoms with van der Waals surface area (Å²) in [6, 6.07) is 70.2. The quantitative estimate of drug-likeness (QED) is 0.167. The number of hydrogen-bond acceptors (Lipinski definition) is 2. The van der Waals surface area contributed by atoms with Gasteiger partial charge in [-0.3, -0.25) is 0 Å². The maximum Gasteiger partial charge on any atom is 0.136 e. The van der Waals surface area contributed by atoms with E-state index in [1.165, 1.54) is 61.2 Å². The van der Waals surface area contributed by atoms with Crippen LogP contribution in [0.25, 0.3) is 78.6 Å². The van der Waals surface area contributed by atoms with Gasteiger partial charge in [0.05, 0.1) is 16.8 Å². The summed E-state index contributed by atoms with van der Waals surface area (Å²) in [5.41, 5.74) is 21.5. The minimum absolute atomic E-state index is 0.667. The number of fused-ring (bicyclic) bond motifs is 11. The molecule has 0 N–H and O–H groups in total. The minimum atomic E-state index is -0.667. The lowest BCUT2D eigenvalue weighted by Gasteiger charge is -2.46. The summed E-state index contributed by atoms with van der Waals surface area (Å²) in [6.45, 7) is 0. The van der Waals surface area contributed by atoms with E-state index < -0.39 is 5.41 Å². The molecule has 4 aliphatic carbocycles. The first-order valence-corrected chi connectivity index (χ1v) is 21.8. The second kappa shape index (κ2) is 13.9. The number of rotatable bonds is 6. The van der Waals surface area contributed by atoms with E-state index in [0.717, 1.165) is 55.7 Å². The van der Waals surface area contributed by atoms with E-state index in [1.54, 1.807) is 0 Å². The van der Waals surface area contributed by atoms with Crippen LogP contribution >= 0.6 is 0 Å². The molecule has 1 aromatic heterocycles. The molecule has 0 aliphatic heterocycles. The van der Waals surface area contributed by atoms with Crippen LogP contribution in [0.1, 0.15) is 22.3 Å². The zero-order valence-electron chi connectivity index (χ0n) is 34.4. The van der Waals surface area contributed by atoms with Crippen LogP contribution in [0.4, 0.5) is 11.4 Å². The van der Waals surface area contributed by atoms with Crippen molar-refractivity contribution in [1.29, 1.82) is 0 Å². The van der Waals surface area contributed by atoms with Crippen LogP contribution in [-0.4, -0.2) is 0 Å². The van der Waals surface area contributed by atoms with E-state index in [1.807, 2.05) is 6.07 Å². The molecule has 1 spiro atoms. The van der Waals surface area contributed by atoms with Crippen molar-refractivity contribution in [2.24, 2.45) is 5.41 Å². The zero-order chi connectivity index (χ0) is 41.5. The van der Waals surface area contributed by atoms with Crippen LogP contribution in [0.5, 0.6) is 0 Å². The second-order valence-electron chi connectivity index (χ2n) is 16.7. The highest BCUT2D eigenvalue weighted by atomic mass is 16.3. The third kappa shape index (κ3) is 5.25. The largest absolute Gasteiger partial charge is 0.456 e. The van der Waals surface area contributed by atoms with E-state index in [4.69, 9.17) is 4.42 Å². The normalized spacial score (nSPS) is 16.7. The summed E-state index contributed by atoms with van der Waals surface area (Å²) in [5.74, 6) is 0. The van der Waals surface area contributed by atoms with Gasteiger partial charge in [-0.1, -0.05) is 194 Å². The maximum atomic E-state index is 6.53. The third-order valence-electron chi connectivity index (χ3n) is 13.5. The predicted molar refractivity (Wildman–Crippen MR) is 263 cm³/mol. The zero-order valence-corrected chi connectivity index (χ0v) is 34.4. The number of benzene rings is 8. The lowest BCUT2D eigenvalue weighted by atomic mass is 9.63. The van der Waals surface area contributed by atoms with Crippen molar-refractivity contribution in [1.82, 2.24) is 0 Å². The van der Waals surface area contributed by atoms with Gasteiger partial charge in [0.15, 0.2) is 0 Å². The summed E-state index contributed by atoms with van der Waals surface area (Å²) in [6.07, 6.45) is 16.8. The molecule has 0 fully saturated rings. The number of allylic oxidation sites excluding steroid dienone is 7. The summed E-state index contributed by atoms with van der Waals surface area (Å²) in [7, 11) is 0. The molecule has 0 bridgehead atoms. The van der Waals surface area contributed by atoms with E-state index in [9.17, 15) is 0 Å². The molecule has 0 saturated carbocycles. The molecule has 0 saturated heterocycles. The molecule has 2 heteroatoms. The summed E-state index contributed by atoms with van der Waals surface area (Å²) in [4.78, 5) is 2.59. The van der Waals surface area contributed by atoms with Gasteiger partial charge in [0, 0.05) is 27.6 Å². The Morgan fingerprint density at radius 3 is 1.62 bits per heavy atom. The van der Waals surface area contributed by atoms with Crippen molar-refractivity contribution in [2.75, 3.05) is 4.90 Å². The van der Waals surface area contributed by atoms with E-state index in [2.05, 4.69) is 235 Å². The first-order chi connectivity index (χ1) is 31.3. The average molecular weight is 802 g/mol. The maximum absolute atomic E-state index is 6.53. The van der Waals surface area contributed by atoms with Crippen molar-refractivity contribution in [3.8, 4) is 33.4 Å². The molecule has 0 amide bonds. The Labute approximate surface area is 366 Å².